The standard InChI is InChI=1S/C21H25FN2O4S/c1-28-17-10-6-9-16(13-17)23-21(25)19-14-18(11-12-20(19)22)29(26,27)24-15-7-4-2-3-5-8-15/h6,9-15,24H,2-5,7-8H2,1H3,(H,23,25). The third kappa shape index (κ3) is 5.55. The van der Waals surface area contributed by atoms with Crippen LogP contribution in [0.25, 0.3) is 0 Å². The number of rotatable bonds is 6. The molecule has 2 aromatic carbocycles. The molecule has 29 heavy (non-hydrogen) atoms. The van der Waals surface area contributed by atoms with Crippen molar-refractivity contribution >= 4 is 21.6 Å². The van der Waals surface area contributed by atoms with E-state index in [9.17, 15) is 17.6 Å². The molecule has 1 amide bonds. The van der Waals surface area contributed by atoms with Crippen molar-refractivity contribution in [2.75, 3.05) is 12.4 Å². The molecule has 0 radical (unpaired) electrons. The van der Waals surface area contributed by atoms with Gasteiger partial charge in [-0.1, -0.05) is 31.7 Å². The van der Waals surface area contributed by atoms with E-state index in [1.54, 1.807) is 24.3 Å². The summed E-state index contributed by atoms with van der Waals surface area (Å²) in [5.74, 6) is -0.992. The molecule has 0 heterocycles. The number of sulfonamides is 1. The zero-order valence-electron chi connectivity index (χ0n) is 16.3. The highest BCUT2D eigenvalue weighted by molar-refractivity contribution is 7.89. The first kappa shape index (κ1) is 21.3. The molecule has 3 rings (SSSR count). The Morgan fingerprint density at radius 1 is 1.07 bits per heavy atom. The Morgan fingerprint density at radius 3 is 2.48 bits per heavy atom. The smallest absolute Gasteiger partial charge is 0.258 e. The van der Waals surface area contributed by atoms with E-state index < -0.39 is 21.7 Å². The first-order valence-electron chi connectivity index (χ1n) is 9.66. The Kier molecular flexibility index (Phi) is 6.87. The average molecular weight is 421 g/mol. The number of carbonyl (C=O) groups is 1. The third-order valence-electron chi connectivity index (χ3n) is 5.00. The minimum Gasteiger partial charge on any atom is -0.497 e. The molecule has 1 aliphatic carbocycles. The minimum atomic E-state index is -3.85. The molecule has 1 aliphatic rings. The first-order valence-corrected chi connectivity index (χ1v) is 11.1. The van der Waals surface area contributed by atoms with Crippen molar-refractivity contribution < 1.29 is 22.3 Å². The fraction of sp³-hybridized carbons (Fsp3) is 0.381. The maximum atomic E-state index is 14.3. The number of hydrogen-bond donors (Lipinski definition) is 2. The van der Waals surface area contributed by atoms with E-state index in [2.05, 4.69) is 10.0 Å². The molecule has 0 spiro atoms. The number of anilines is 1. The Balaban J connectivity index is 1.80. The van der Waals surface area contributed by atoms with Crippen molar-refractivity contribution in [1.29, 1.82) is 0 Å². The molecular formula is C21H25FN2O4S. The number of carbonyl (C=O) groups excluding carboxylic acids is 1. The van der Waals surface area contributed by atoms with E-state index in [1.807, 2.05) is 0 Å². The van der Waals surface area contributed by atoms with Crippen LogP contribution >= 0.6 is 0 Å². The lowest BCUT2D eigenvalue weighted by Crippen LogP contribution is -2.34. The summed E-state index contributed by atoms with van der Waals surface area (Å²) < 4.78 is 47.6. The summed E-state index contributed by atoms with van der Waals surface area (Å²) in [5.41, 5.74) is 0.0788. The van der Waals surface area contributed by atoms with Gasteiger partial charge in [0.15, 0.2) is 0 Å². The second-order valence-electron chi connectivity index (χ2n) is 7.14. The summed E-state index contributed by atoms with van der Waals surface area (Å²) in [6, 6.07) is 9.73. The highest BCUT2D eigenvalue weighted by Crippen LogP contribution is 2.22. The fourth-order valence-corrected chi connectivity index (χ4v) is 4.76. The van der Waals surface area contributed by atoms with Crippen LogP contribution in [0.15, 0.2) is 47.4 Å². The largest absolute Gasteiger partial charge is 0.497 e. The molecule has 0 bridgehead atoms. The second-order valence-corrected chi connectivity index (χ2v) is 8.85. The predicted molar refractivity (Wildman–Crippen MR) is 109 cm³/mol. The molecule has 156 valence electrons. The van der Waals surface area contributed by atoms with E-state index in [-0.39, 0.29) is 16.5 Å². The van der Waals surface area contributed by atoms with Crippen LogP contribution in [-0.2, 0) is 10.0 Å². The second kappa shape index (κ2) is 9.37. The first-order chi connectivity index (χ1) is 13.9. The van der Waals surface area contributed by atoms with E-state index in [4.69, 9.17) is 4.74 Å². The van der Waals surface area contributed by atoms with Crippen LogP contribution in [0.3, 0.4) is 0 Å². The number of hydrogen-bond acceptors (Lipinski definition) is 4. The van der Waals surface area contributed by atoms with Gasteiger partial charge in [-0.3, -0.25) is 4.79 Å². The van der Waals surface area contributed by atoms with Crippen LogP contribution in [0.5, 0.6) is 5.75 Å². The molecular weight excluding hydrogens is 395 g/mol. The van der Waals surface area contributed by atoms with Gasteiger partial charge in [-0.25, -0.2) is 17.5 Å². The Bertz CT molecular complexity index is 970. The van der Waals surface area contributed by atoms with Gasteiger partial charge >= 0.3 is 0 Å². The summed E-state index contributed by atoms with van der Waals surface area (Å²) in [7, 11) is -2.35. The van der Waals surface area contributed by atoms with Crippen molar-refractivity contribution in [2.45, 2.75) is 49.5 Å². The molecule has 0 aromatic heterocycles. The third-order valence-corrected chi connectivity index (χ3v) is 6.52. The number of benzene rings is 2. The fourth-order valence-electron chi connectivity index (χ4n) is 3.43. The molecule has 1 saturated carbocycles. The lowest BCUT2D eigenvalue weighted by molar-refractivity contribution is 0.102. The molecule has 6 nitrogen and oxygen atoms in total. The monoisotopic (exact) mass is 420 g/mol. The lowest BCUT2D eigenvalue weighted by Gasteiger charge is -2.17. The highest BCUT2D eigenvalue weighted by Gasteiger charge is 2.23. The lowest BCUT2D eigenvalue weighted by atomic mass is 10.1. The SMILES string of the molecule is COc1cccc(NC(=O)c2cc(S(=O)(=O)NC3CCCCCC3)ccc2F)c1. The number of amides is 1. The van der Waals surface area contributed by atoms with Crippen LogP contribution in [0, 0.1) is 5.82 Å². The highest BCUT2D eigenvalue weighted by atomic mass is 32.2. The van der Waals surface area contributed by atoms with Crippen LogP contribution in [0.2, 0.25) is 0 Å². The number of halogens is 1. The molecule has 0 aliphatic heterocycles. The number of ether oxygens (including phenoxy) is 1. The van der Waals surface area contributed by atoms with Crippen molar-refractivity contribution in [3.63, 3.8) is 0 Å². The van der Waals surface area contributed by atoms with Crippen molar-refractivity contribution in [1.82, 2.24) is 4.72 Å². The van der Waals surface area contributed by atoms with Gasteiger partial charge in [-0.05, 0) is 43.2 Å². The van der Waals surface area contributed by atoms with Crippen LogP contribution in [0.4, 0.5) is 10.1 Å². The maximum absolute atomic E-state index is 14.3. The van der Waals surface area contributed by atoms with Gasteiger partial charge in [0.25, 0.3) is 5.91 Å². The maximum Gasteiger partial charge on any atom is 0.258 e. The summed E-state index contributed by atoms with van der Waals surface area (Å²) in [6.07, 6.45) is 5.72. The number of methoxy groups -OCH3 is 1. The summed E-state index contributed by atoms with van der Waals surface area (Å²) in [5, 5.41) is 2.57. The van der Waals surface area contributed by atoms with Crippen molar-refractivity contribution in [3.05, 3.63) is 53.8 Å². The molecule has 1 fully saturated rings. The number of nitrogens with one attached hydrogen (secondary N) is 2. The average Bonchev–Trinajstić information content (AvgIpc) is 2.96. The summed E-state index contributed by atoms with van der Waals surface area (Å²) in [4.78, 5) is 12.4. The van der Waals surface area contributed by atoms with E-state index >= 15 is 0 Å². The predicted octanol–water partition coefficient (Wildman–Crippen LogP) is 4.09. The summed E-state index contributed by atoms with van der Waals surface area (Å²) in [6.45, 7) is 0. The van der Waals surface area contributed by atoms with Gasteiger partial charge in [0.05, 0.1) is 17.6 Å². The van der Waals surface area contributed by atoms with Gasteiger partial charge in [-0.15, -0.1) is 0 Å². The molecule has 0 unspecified atom stereocenters. The molecule has 8 heteroatoms. The molecule has 2 N–H and O–H groups in total. The van der Waals surface area contributed by atoms with E-state index in [0.717, 1.165) is 50.7 Å². The van der Waals surface area contributed by atoms with Gasteiger partial charge in [-0.2, -0.15) is 0 Å². The zero-order valence-corrected chi connectivity index (χ0v) is 17.1. The van der Waals surface area contributed by atoms with Crippen molar-refractivity contribution in [3.8, 4) is 5.75 Å². The normalized spacial score (nSPS) is 15.5. The summed E-state index contributed by atoms with van der Waals surface area (Å²) >= 11 is 0. The molecule has 2 aromatic rings. The Labute approximate surface area is 170 Å². The van der Waals surface area contributed by atoms with Crippen molar-refractivity contribution in [2.24, 2.45) is 0 Å². The van der Waals surface area contributed by atoms with Crippen LogP contribution < -0.4 is 14.8 Å². The van der Waals surface area contributed by atoms with Crippen LogP contribution in [-0.4, -0.2) is 27.5 Å². The minimum absolute atomic E-state index is 0.126. The topological polar surface area (TPSA) is 84.5 Å². The van der Waals surface area contributed by atoms with Gasteiger partial charge in [0.1, 0.15) is 11.6 Å². The molecule has 0 saturated heterocycles. The zero-order chi connectivity index (χ0) is 20.9. The van der Waals surface area contributed by atoms with E-state index in [0.29, 0.717) is 11.4 Å². The molecule has 0 atom stereocenters. The van der Waals surface area contributed by atoms with Gasteiger partial charge in [0, 0.05) is 17.8 Å². The Hall–Kier alpha value is -2.45. The van der Waals surface area contributed by atoms with Gasteiger partial charge in [0.2, 0.25) is 10.0 Å². The van der Waals surface area contributed by atoms with Gasteiger partial charge < -0.3 is 10.1 Å². The Morgan fingerprint density at radius 2 is 1.79 bits per heavy atom. The van der Waals surface area contributed by atoms with Crippen LogP contribution in [0.1, 0.15) is 48.9 Å². The quantitative estimate of drug-likeness (QED) is 0.690. The van der Waals surface area contributed by atoms with E-state index in [1.165, 1.54) is 13.2 Å².